The number of hydrogen-bond acceptors (Lipinski definition) is 2. The normalized spacial score (nSPS) is 11.7. The molecule has 0 spiro atoms. The third-order valence-corrected chi connectivity index (χ3v) is 3.77. The summed E-state index contributed by atoms with van der Waals surface area (Å²) in [7, 11) is 0. The molecule has 3 aromatic rings. The van der Waals surface area contributed by atoms with E-state index >= 15 is 0 Å². The van der Waals surface area contributed by atoms with Crippen LogP contribution in [-0.2, 0) is 6.18 Å². The van der Waals surface area contributed by atoms with Gasteiger partial charge in [0.1, 0.15) is 5.65 Å². The standard InChI is InChI=1S/C18H16F3N3/c1-11-10-12(2)24-9-8-16(17(24)22-11)13(3)23-15-6-4-14(5-7-15)18(19,20)21/h4-10,23H,3H2,1-2H3. The van der Waals surface area contributed by atoms with Crippen LogP contribution in [0.1, 0.15) is 22.5 Å². The number of aryl methyl sites for hydroxylation is 2. The van der Waals surface area contributed by atoms with Crippen molar-refractivity contribution >= 4 is 17.0 Å². The molecule has 2 heterocycles. The summed E-state index contributed by atoms with van der Waals surface area (Å²) in [5, 5.41) is 3.04. The zero-order valence-electron chi connectivity index (χ0n) is 13.3. The summed E-state index contributed by atoms with van der Waals surface area (Å²) in [5.41, 5.74) is 3.94. The Balaban J connectivity index is 1.88. The number of aromatic nitrogens is 2. The largest absolute Gasteiger partial charge is 0.416 e. The number of halogens is 3. The molecule has 0 amide bonds. The first-order chi connectivity index (χ1) is 11.3. The molecule has 2 aromatic heterocycles. The van der Waals surface area contributed by atoms with E-state index in [2.05, 4.69) is 16.9 Å². The van der Waals surface area contributed by atoms with E-state index < -0.39 is 11.7 Å². The maximum atomic E-state index is 12.6. The van der Waals surface area contributed by atoms with Crippen LogP contribution in [0, 0.1) is 13.8 Å². The number of fused-ring (bicyclic) bond motifs is 1. The SMILES string of the molecule is C=C(Nc1ccc(C(F)(F)F)cc1)c1ccn2c(C)cc(C)nc12. The molecule has 0 bridgehead atoms. The third kappa shape index (κ3) is 2.99. The van der Waals surface area contributed by atoms with E-state index in [-0.39, 0.29) is 0 Å². The second kappa shape index (κ2) is 5.70. The maximum absolute atomic E-state index is 12.6. The molecule has 0 aliphatic heterocycles. The number of benzene rings is 1. The van der Waals surface area contributed by atoms with Crippen molar-refractivity contribution < 1.29 is 13.2 Å². The topological polar surface area (TPSA) is 29.3 Å². The Morgan fingerprint density at radius 1 is 1.12 bits per heavy atom. The average molecular weight is 331 g/mol. The predicted molar refractivity (Wildman–Crippen MR) is 88.8 cm³/mol. The lowest BCUT2D eigenvalue weighted by Crippen LogP contribution is -2.05. The van der Waals surface area contributed by atoms with Crippen molar-refractivity contribution in [2.75, 3.05) is 5.32 Å². The minimum absolute atomic E-state index is 0.539. The first-order valence-corrected chi connectivity index (χ1v) is 7.34. The molecule has 6 heteroatoms. The summed E-state index contributed by atoms with van der Waals surface area (Å²) < 4.78 is 39.8. The molecule has 1 N–H and O–H groups in total. The van der Waals surface area contributed by atoms with Gasteiger partial charge >= 0.3 is 6.18 Å². The minimum Gasteiger partial charge on any atom is -0.355 e. The van der Waals surface area contributed by atoms with E-state index in [0.29, 0.717) is 11.4 Å². The van der Waals surface area contributed by atoms with E-state index in [1.165, 1.54) is 12.1 Å². The second-order valence-electron chi connectivity index (χ2n) is 5.64. The Bertz CT molecular complexity index is 906. The molecule has 0 radical (unpaired) electrons. The van der Waals surface area contributed by atoms with E-state index in [9.17, 15) is 13.2 Å². The monoisotopic (exact) mass is 331 g/mol. The Kier molecular flexibility index (Phi) is 3.83. The van der Waals surface area contributed by atoms with Gasteiger partial charge in [0.05, 0.1) is 5.56 Å². The average Bonchev–Trinajstić information content (AvgIpc) is 2.91. The number of alkyl halides is 3. The smallest absolute Gasteiger partial charge is 0.355 e. The van der Waals surface area contributed by atoms with Crippen LogP contribution in [0.15, 0.2) is 49.2 Å². The molecular formula is C18H16F3N3. The molecule has 3 rings (SSSR count). The highest BCUT2D eigenvalue weighted by atomic mass is 19.4. The number of hydrogen-bond donors (Lipinski definition) is 1. The molecule has 0 fully saturated rings. The van der Waals surface area contributed by atoms with Gasteiger partial charge in [0.15, 0.2) is 0 Å². The van der Waals surface area contributed by atoms with Crippen LogP contribution in [0.5, 0.6) is 0 Å². The lowest BCUT2D eigenvalue weighted by Gasteiger charge is -2.11. The van der Waals surface area contributed by atoms with Gasteiger partial charge in [-0.1, -0.05) is 6.58 Å². The second-order valence-corrected chi connectivity index (χ2v) is 5.64. The van der Waals surface area contributed by atoms with Crippen LogP contribution in [-0.4, -0.2) is 9.38 Å². The molecule has 0 unspecified atom stereocenters. The van der Waals surface area contributed by atoms with Crippen LogP contribution in [0.4, 0.5) is 18.9 Å². The fourth-order valence-corrected chi connectivity index (χ4v) is 2.61. The van der Waals surface area contributed by atoms with Gasteiger partial charge in [-0.25, -0.2) is 4.98 Å². The maximum Gasteiger partial charge on any atom is 0.416 e. The van der Waals surface area contributed by atoms with Crippen molar-refractivity contribution in [3.63, 3.8) is 0 Å². The summed E-state index contributed by atoms with van der Waals surface area (Å²) >= 11 is 0. The van der Waals surface area contributed by atoms with Crippen molar-refractivity contribution in [1.29, 1.82) is 0 Å². The van der Waals surface area contributed by atoms with Gasteiger partial charge in [0.25, 0.3) is 0 Å². The van der Waals surface area contributed by atoms with E-state index in [4.69, 9.17) is 0 Å². The Hall–Kier alpha value is -2.76. The fourth-order valence-electron chi connectivity index (χ4n) is 2.61. The van der Waals surface area contributed by atoms with E-state index in [1.54, 1.807) is 0 Å². The van der Waals surface area contributed by atoms with Gasteiger partial charge in [-0.15, -0.1) is 0 Å². The Labute approximate surface area is 137 Å². The molecule has 0 aliphatic rings. The molecule has 0 saturated heterocycles. The molecule has 0 saturated carbocycles. The Morgan fingerprint density at radius 2 is 1.79 bits per heavy atom. The van der Waals surface area contributed by atoms with Gasteiger partial charge < -0.3 is 9.72 Å². The van der Waals surface area contributed by atoms with Crippen LogP contribution in [0.2, 0.25) is 0 Å². The fraction of sp³-hybridized carbons (Fsp3) is 0.167. The highest BCUT2D eigenvalue weighted by Gasteiger charge is 2.29. The summed E-state index contributed by atoms with van der Waals surface area (Å²) in [6, 6.07) is 8.71. The quantitative estimate of drug-likeness (QED) is 0.727. The molecule has 1 aromatic carbocycles. The van der Waals surface area contributed by atoms with Gasteiger partial charge in [-0.3, -0.25) is 0 Å². The van der Waals surface area contributed by atoms with Crippen molar-refractivity contribution in [3.8, 4) is 0 Å². The molecule has 24 heavy (non-hydrogen) atoms. The number of anilines is 1. The molecule has 0 atom stereocenters. The van der Waals surface area contributed by atoms with Crippen LogP contribution < -0.4 is 5.32 Å². The lowest BCUT2D eigenvalue weighted by atomic mass is 10.2. The molecule has 124 valence electrons. The molecular weight excluding hydrogens is 315 g/mol. The van der Waals surface area contributed by atoms with Crippen LogP contribution in [0.25, 0.3) is 11.3 Å². The third-order valence-electron chi connectivity index (χ3n) is 3.77. The van der Waals surface area contributed by atoms with E-state index in [0.717, 1.165) is 34.7 Å². The van der Waals surface area contributed by atoms with Crippen LogP contribution >= 0.6 is 0 Å². The summed E-state index contributed by atoms with van der Waals surface area (Å²) in [6.45, 7) is 7.88. The van der Waals surface area contributed by atoms with Crippen molar-refractivity contribution in [2.45, 2.75) is 20.0 Å². The summed E-state index contributed by atoms with van der Waals surface area (Å²) in [4.78, 5) is 4.52. The van der Waals surface area contributed by atoms with Crippen molar-refractivity contribution in [2.24, 2.45) is 0 Å². The van der Waals surface area contributed by atoms with Gasteiger partial charge in [0.2, 0.25) is 0 Å². The predicted octanol–water partition coefficient (Wildman–Crippen LogP) is 5.05. The number of nitrogens with zero attached hydrogens (tertiary/aromatic N) is 2. The number of rotatable bonds is 3. The minimum atomic E-state index is -4.34. The first-order valence-electron chi connectivity index (χ1n) is 7.34. The first kappa shape index (κ1) is 16.1. The lowest BCUT2D eigenvalue weighted by molar-refractivity contribution is -0.137. The zero-order chi connectivity index (χ0) is 17.5. The molecule has 3 nitrogen and oxygen atoms in total. The van der Waals surface area contributed by atoms with E-state index in [1.807, 2.05) is 36.6 Å². The summed E-state index contributed by atoms with van der Waals surface area (Å²) in [5.74, 6) is 0. The van der Waals surface area contributed by atoms with Crippen molar-refractivity contribution in [1.82, 2.24) is 9.38 Å². The number of nitrogens with one attached hydrogen (secondary N) is 1. The highest BCUT2D eigenvalue weighted by molar-refractivity contribution is 5.82. The van der Waals surface area contributed by atoms with Gasteiger partial charge in [0, 0.05) is 34.5 Å². The molecule has 0 aliphatic carbocycles. The zero-order valence-corrected chi connectivity index (χ0v) is 13.3. The Morgan fingerprint density at radius 3 is 2.42 bits per heavy atom. The summed E-state index contributed by atoms with van der Waals surface area (Å²) in [6.07, 6.45) is -2.45. The van der Waals surface area contributed by atoms with Gasteiger partial charge in [-0.2, -0.15) is 13.2 Å². The van der Waals surface area contributed by atoms with Gasteiger partial charge in [-0.05, 0) is 50.2 Å². The van der Waals surface area contributed by atoms with Crippen molar-refractivity contribution in [3.05, 3.63) is 71.7 Å². The van der Waals surface area contributed by atoms with Crippen LogP contribution in [0.3, 0.4) is 0 Å². The highest BCUT2D eigenvalue weighted by Crippen LogP contribution is 2.30.